The fraction of sp³-hybridized carbons (Fsp3) is 0.467. The molecule has 0 atom stereocenters. The van der Waals surface area contributed by atoms with E-state index < -0.39 is 16.1 Å². The highest BCUT2D eigenvalue weighted by molar-refractivity contribution is 7.89. The molecule has 0 spiro atoms. The number of H-pyrrole nitrogens is 2. The summed E-state index contributed by atoms with van der Waals surface area (Å²) in [5.41, 5.74) is 0.603. The van der Waals surface area contributed by atoms with Crippen molar-refractivity contribution in [3.63, 3.8) is 0 Å². The molecule has 1 aliphatic rings. The second-order valence-corrected chi connectivity index (χ2v) is 7.67. The monoisotopic (exact) mass is 368 g/mol. The Balaban J connectivity index is 1.81. The average molecular weight is 368 g/mol. The topological polar surface area (TPSA) is 116 Å². The summed E-state index contributed by atoms with van der Waals surface area (Å²) in [6.45, 7) is 3.26. The number of carbonyl (C=O) groups excluding carboxylic acids is 1. The van der Waals surface area contributed by atoms with Crippen molar-refractivity contribution >= 4 is 27.1 Å². The summed E-state index contributed by atoms with van der Waals surface area (Å²) in [4.78, 5) is 29.9. The van der Waals surface area contributed by atoms with Crippen molar-refractivity contribution in [1.82, 2.24) is 19.2 Å². The predicted octanol–water partition coefficient (Wildman–Crippen LogP) is 0.709. The molecule has 0 bridgehead atoms. The summed E-state index contributed by atoms with van der Waals surface area (Å²) in [5, 5.41) is 0. The number of sulfonamides is 1. The third-order valence-electron chi connectivity index (χ3n) is 4.11. The van der Waals surface area contributed by atoms with Gasteiger partial charge in [0, 0.05) is 26.2 Å². The van der Waals surface area contributed by atoms with Gasteiger partial charge in [-0.3, -0.25) is 0 Å². The number of amides is 1. The van der Waals surface area contributed by atoms with E-state index in [1.165, 1.54) is 21.3 Å². The van der Waals surface area contributed by atoms with Gasteiger partial charge in [-0.05, 0) is 31.5 Å². The van der Waals surface area contributed by atoms with Crippen LogP contribution in [0.2, 0.25) is 0 Å². The maximum Gasteiger partial charge on any atom is 0.409 e. The summed E-state index contributed by atoms with van der Waals surface area (Å²) < 4.78 is 32.1. The Morgan fingerprint density at radius 1 is 1.16 bits per heavy atom. The summed E-state index contributed by atoms with van der Waals surface area (Å²) in [6.07, 6.45) is 0.106. The number of hydrogen-bond donors (Lipinski definition) is 2. The van der Waals surface area contributed by atoms with Crippen LogP contribution in [0.5, 0.6) is 0 Å². The van der Waals surface area contributed by atoms with Gasteiger partial charge >= 0.3 is 11.8 Å². The Hall–Kier alpha value is -2.33. The Morgan fingerprint density at radius 3 is 2.68 bits per heavy atom. The molecule has 1 saturated heterocycles. The molecule has 10 heteroatoms. The van der Waals surface area contributed by atoms with Crippen LogP contribution in [0.25, 0.3) is 11.0 Å². The zero-order valence-electron chi connectivity index (χ0n) is 13.8. The van der Waals surface area contributed by atoms with E-state index in [4.69, 9.17) is 4.74 Å². The summed E-state index contributed by atoms with van der Waals surface area (Å²) >= 11 is 0. The number of ether oxygens (including phenoxy) is 1. The molecule has 136 valence electrons. The van der Waals surface area contributed by atoms with Gasteiger partial charge in [-0.25, -0.2) is 18.0 Å². The summed E-state index contributed by atoms with van der Waals surface area (Å²) in [7, 11) is -3.71. The van der Waals surface area contributed by atoms with Gasteiger partial charge in [0.05, 0.1) is 22.5 Å². The molecule has 0 radical (unpaired) electrons. The van der Waals surface area contributed by atoms with E-state index in [1.807, 2.05) is 0 Å². The second kappa shape index (κ2) is 6.89. The molecule has 2 N–H and O–H groups in total. The Kier molecular flexibility index (Phi) is 4.82. The number of nitrogens with one attached hydrogen (secondary N) is 2. The maximum absolute atomic E-state index is 12.9. The van der Waals surface area contributed by atoms with Gasteiger partial charge in [0.2, 0.25) is 10.0 Å². The first-order valence-electron chi connectivity index (χ1n) is 8.05. The lowest BCUT2D eigenvalue weighted by Crippen LogP contribution is -2.37. The summed E-state index contributed by atoms with van der Waals surface area (Å²) in [6, 6.07) is 4.47. The molecule has 1 amide bonds. The summed E-state index contributed by atoms with van der Waals surface area (Å²) in [5.74, 6) is 0. The Labute approximate surface area is 144 Å². The molecule has 25 heavy (non-hydrogen) atoms. The fourth-order valence-electron chi connectivity index (χ4n) is 2.85. The largest absolute Gasteiger partial charge is 0.450 e. The molecule has 1 aromatic heterocycles. The lowest BCUT2D eigenvalue weighted by Gasteiger charge is -2.21. The van der Waals surface area contributed by atoms with Crippen molar-refractivity contribution in [2.24, 2.45) is 0 Å². The van der Waals surface area contributed by atoms with Gasteiger partial charge < -0.3 is 19.6 Å². The van der Waals surface area contributed by atoms with Crippen LogP contribution >= 0.6 is 0 Å². The number of benzene rings is 1. The molecule has 0 saturated carbocycles. The molecule has 1 fully saturated rings. The van der Waals surface area contributed by atoms with Crippen molar-refractivity contribution in [2.45, 2.75) is 18.2 Å². The van der Waals surface area contributed by atoms with Crippen molar-refractivity contribution in [1.29, 1.82) is 0 Å². The minimum atomic E-state index is -3.71. The van der Waals surface area contributed by atoms with Crippen LogP contribution in [-0.2, 0) is 14.8 Å². The zero-order chi connectivity index (χ0) is 18.0. The molecule has 2 heterocycles. The quantitative estimate of drug-likeness (QED) is 0.828. The van der Waals surface area contributed by atoms with E-state index in [1.54, 1.807) is 13.0 Å². The number of rotatable bonds is 3. The molecule has 1 aliphatic heterocycles. The van der Waals surface area contributed by atoms with Crippen LogP contribution in [0.1, 0.15) is 13.3 Å². The molecule has 0 aliphatic carbocycles. The molecule has 3 rings (SSSR count). The number of aromatic amines is 2. The molecule has 1 aromatic carbocycles. The molecule has 9 nitrogen and oxygen atoms in total. The van der Waals surface area contributed by atoms with Crippen LogP contribution in [0.4, 0.5) is 4.79 Å². The van der Waals surface area contributed by atoms with Crippen molar-refractivity contribution < 1.29 is 17.9 Å². The standard InChI is InChI=1S/C15H20N4O5S/c1-2-24-15(21)18-6-3-7-19(9-8-18)25(22,23)11-4-5-12-13(10-11)17-14(20)16-12/h4-5,10H,2-3,6-9H2,1H3,(H2,16,17,20). The maximum atomic E-state index is 12.9. The van der Waals surface area contributed by atoms with E-state index in [0.717, 1.165) is 0 Å². The van der Waals surface area contributed by atoms with E-state index >= 15 is 0 Å². The third-order valence-corrected chi connectivity index (χ3v) is 6.00. The van der Waals surface area contributed by atoms with Gasteiger partial charge in [0.25, 0.3) is 0 Å². The highest BCUT2D eigenvalue weighted by Gasteiger charge is 2.28. The number of aromatic nitrogens is 2. The van der Waals surface area contributed by atoms with Crippen molar-refractivity contribution in [2.75, 3.05) is 32.8 Å². The molecule has 2 aromatic rings. The lowest BCUT2D eigenvalue weighted by molar-refractivity contribution is 0.109. The molecule has 0 unspecified atom stereocenters. The second-order valence-electron chi connectivity index (χ2n) is 5.73. The fourth-order valence-corrected chi connectivity index (χ4v) is 4.35. The van der Waals surface area contributed by atoms with Crippen molar-refractivity contribution in [3.05, 3.63) is 28.7 Å². The van der Waals surface area contributed by atoms with Gasteiger partial charge in [0.15, 0.2) is 0 Å². The van der Waals surface area contributed by atoms with E-state index in [2.05, 4.69) is 9.97 Å². The number of carbonyl (C=O) groups is 1. The normalized spacial score (nSPS) is 16.8. The van der Waals surface area contributed by atoms with Crippen molar-refractivity contribution in [3.8, 4) is 0 Å². The first-order chi connectivity index (χ1) is 11.9. The van der Waals surface area contributed by atoms with Gasteiger partial charge in [-0.2, -0.15) is 4.31 Å². The first-order valence-corrected chi connectivity index (χ1v) is 9.49. The minimum absolute atomic E-state index is 0.111. The first kappa shape index (κ1) is 17.5. The lowest BCUT2D eigenvalue weighted by atomic mass is 10.3. The molecular weight excluding hydrogens is 348 g/mol. The molecular formula is C15H20N4O5S. The Bertz CT molecular complexity index is 933. The van der Waals surface area contributed by atoms with Crippen LogP contribution in [0.15, 0.2) is 27.9 Å². The van der Waals surface area contributed by atoms with Gasteiger partial charge in [-0.1, -0.05) is 0 Å². The van der Waals surface area contributed by atoms with E-state index in [9.17, 15) is 18.0 Å². The highest BCUT2D eigenvalue weighted by atomic mass is 32.2. The van der Waals surface area contributed by atoms with Crippen LogP contribution < -0.4 is 5.69 Å². The van der Waals surface area contributed by atoms with Gasteiger partial charge in [-0.15, -0.1) is 0 Å². The van der Waals surface area contributed by atoms with Crippen LogP contribution in [-0.4, -0.2) is 66.5 Å². The minimum Gasteiger partial charge on any atom is -0.450 e. The number of fused-ring (bicyclic) bond motifs is 1. The van der Waals surface area contributed by atoms with E-state index in [-0.39, 0.29) is 30.3 Å². The zero-order valence-corrected chi connectivity index (χ0v) is 14.6. The number of hydrogen-bond acceptors (Lipinski definition) is 5. The SMILES string of the molecule is CCOC(=O)N1CCCN(S(=O)(=O)c2ccc3[nH]c(=O)[nH]c3c2)CC1. The predicted molar refractivity (Wildman–Crippen MR) is 90.9 cm³/mol. The number of imidazole rings is 1. The highest BCUT2D eigenvalue weighted by Crippen LogP contribution is 2.21. The third kappa shape index (κ3) is 3.54. The van der Waals surface area contributed by atoms with Crippen LogP contribution in [0, 0.1) is 0 Å². The Morgan fingerprint density at radius 2 is 1.92 bits per heavy atom. The van der Waals surface area contributed by atoms with E-state index in [0.29, 0.717) is 30.5 Å². The van der Waals surface area contributed by atoms with Gasteiger partial charge in [0.1, 0.15) is 0 Å². The van der Waals surface area contributed by atoms with Crippen LogP contribution in [0.3, 0.4) is 0 Å². The number of nitrogens with zero attached hydrogens (tertiary/aromatic N) is 2. The smallest absolute Gasteiger partial charge is 0.409 e. The average Bonchev–Trinajstić information content (AvgIpc) is 2.78.